The van der Waals surface area contributed by atoms with Gasteiger partial charge in [0.05, 0.1) is 23.8 Å². The van der Waals surface area contributed by atoms with Crippen molar-refractivity contribution in [1.29, 1.82) is 0 Å². The highest BCUT2D eigenvalue weighted by atomic mass is 32.2. The average Bonchev–Trinajstić information content (AvgIpc) is 3.33. The van der Waals surface area contributed by atoms with Gasteiger partial charge < -0.3 is 10.2 Å². The van der Waals surface area contributed by atoms with Crippen molar-refractivity contribution in [3.63, 3.8) is 0 Å². The van der Waals surface area contributed by atoms with Crippen LogP contribution in [0.15, 0.2) is 42.9 Å². The third-order valence-electron chi connectivity index (χ3n) is 6.10. The zero-order valence-electron chi connectivity index (χ0n) is 18.7. The van der Waals surface area contributed by atoms with Crippen LogP contribution in [0.2, 0.25) is 0 Å². The number of sulfonamides is 1. The largest absolute Gasteiger partial charge is 0.350 e. The summed E-state index contributed by atoms with van der Waals surface area (Å²) in [6, 6.07) is 8.36. The van der Waals surface area contributed by atoms with Gasteiger partial charge in [0.15, 0.2) is 0 Å². The predicted octanol–water partition coefficient (Wildman–Crippen LogP) is 2.25. The van der Waals surface area contributed by atoms with Crippen LogP contribution in [0.1, 0.15) is 12.0 Å². The van der Waals surface area contributed by atoms with E-state index in [1.165, 1.54) is 6.42 Å². The van der Waals surface area contributed by atoms with E-state index in [2.05, 4.69) is 54.8 Å². The molecule has 33 heavy (non-hydrogen) atoms. The van der Waals surface area contributed by atoms with Crippen LogP contribution in [-0.2, 0) is 10.0 Å². The van der Waals surface area contributed by atoms with Crippen LogP contribution in [0, 0.1) is 6.92 Å². The summed E-state index contributed by atoms with van der Waals surface area (Å²) in [6.45, 7) is 4.20. The molecule has 0 unspecified atom stereocenters. The van der Waals surface area contributed by atoms with E-state index >= 15 is 0 Å². The Kier molecular flexibility index (Phi) is 5.37. The molecule has 2 atom stereocenters. The Balaban J connectivity index is 1.30. The lowest BCUT2D eigenvalue weighted by Crippen LogP contribution is -2.45. The van der Waals surface area contributed by atoms with Crippen molar-refractivity contribution in [3.05, 3.63) is 48.4 Å². The first-order chi connectivity index (χ1) is 15.7. The summed E-state index contributed by atoms with van der Waals surface area (Å²) in [5.74, 6) is 1.75. The van der Waals surface area contributed by atoms with Gasteiger partial charge in [-0.2, -0.15) is 0 Å². The standard InChI is InChI=1S/C22H26N8O2S/c1-14-8-16(11-25-21(14)30-13-17-9-18(30)12-29(17)2)26-22-23-7-6-19(27-22)15-4-5-20(24-10-15)28-33(3,31)32/h4-8,10-11,17-18H,9,12-13H2,1-3H3,(H,24,28)(H,23,26,27)/t17-,18-/m0/s1. The minimum absolute atomic E-state index is 0.258. The van der Waals surface area contributed by atoms with Gasteiger partial charge in [-0.25, -0.2) is 28.4 Å². The number of pyridine rings is 2. The molecule has 2 saturated heterocycles. The Morgan fingerprint density at radius 1 is 1.06 bits per heavy atom. The topological polar surface area (TPSA) is 116 Å². The molecule has 0 aromatic carbocycles. The third kappa shape index (κ3) is 4.60. The second-order valence-corrected chi connectivity index (χ2v) is 10.4. The van der Waals surface area contributed by atoms with Gasteiger partial charge in [-0.3, -0.25) is 9.62 Å². The molecular weight excluding hydrogens is 440 g/mol. The van der Waals surface area contributed by atoms with Crippen molar-refractivity contribution < 1.29 is 8.42 Å². The van der Waals surface area contributed by atoms with Crippen molar-refractivity contribution in [3.8, 4) is 11.3 Å². The first-order valence-corrected chi connectivity index (χ1v) is 12.6. The highest BCUT2D eigenvalue weighted by molar-refractivity contribution is 7.92. The summed E-state index contributed by atoms with van der Waals surface area (Å²) in [4.78, 5) is 22.6. The number of rotatable bonds is 6. The molecule has 0 aliphatic carbocycles. The number of fused-ring (bicyclic) bond motifs is 2. The molecule has 5 heterocycles. The van der Waals surface area contributed by atoms with Crippen LogP contribution in [0.4, 0.5) is 23.3 Å². The number of aryl methyl sites for hydroxylation is 1. The molecule has 2 aliphatic heterocycles. The Bertz CT molecular complexity index is 1280. The van der Waals surface area contributed by atoms with Gasteiger partial charge in [-0.15, -0.1) is 0 Å². The number of anilines is 4. The molecule has 2 N–H and O–H groups in total. The zero-order valence-corrected chi connectivity index (χ0v) is 19.5. The van der Waals surface area contributed by atoms with E-state index in [-0.39, 0.29) is 5.82 Å². The summed E-state index contributed by atoms with van der Waals surface area (Å²) >= 11 is 0. The smallest absolute Gasteiger partial charge is 0.230 e. The highest BCUT2D eigenvalue weighted by Gasteiger charge is 2.42. The molecule has 2 bridgehead atoms. The van der Waals surface area contributed by atoms with Crippen LogP contribution in [0.25, 0.3) is 11.3 Å². The predicted molar refractivity (Wildman–Crippen MR) is 128 cm³/mol. The monoisotopic (exact) mass is 466 g/mol. The summed E-state index contributed by atoms with van der Waals surface area (Å²) in [5, 5.41) is 3.23. The molecular formula is C22H26N8O2S. The molecule has 0 radical (unpaired) electrons. The average molecular weight is 467 g/mol. The van der Waals surface area contributed by atoms with Gasteiger partial charge in [0.2, 0.25) is 16.0 Å². The maximum atomic E-state index is 11.4. The van der Waals surface area contributed by atoms with Gasteiger partial charge >= 0.3 is 0 Å². The molecule has 3 aromatic rings. The van der Waals surface area contributed by atoms with Gasteiger partial charge in [-0.05, 0) is 50.2 Å². The van der Waals surface area contributed by atoms with Crippen LogP contribution in [0.3, 0.4) is 0 Å². The van der Waals surface area contributed by atoms with Gasteiger partial charge in [-0.1, -0.05) is 0 Å². The van der Waals surface area contributed by atoms with Crippen molar-refractivity contribution >= 4 is 33.3 Å². The summed E-state index contributed by atoms with van der Waals surface area (Å²) in [6.07, 6.45) is 7.35. The molecule has 2 aliphatic rings. The minimum atomic E-state index is -3.37. The van der Waals surface area contributed by atoms with E-state index in [1.807, 2.05) is 6.20 Å². The number of aromatic nitrogens is 4. The molecule has 0 saturated carbocycles. The first-order valence-electron chi connectivity index (χ1n) is 10.7. The molecule has 5 rings (SSSR count). The van der Waals surface area contributed by atoms with Crippen LogP contribution in [-0.4, -0.2) is 71.7 Å². The lowest BCUT2D eigenvalue weighted by atomic mass is 10.2. The fourth-order valence-corrected chi connectivity index (χ4v) is 5.07. The van der Waals surface area contributed by atoms with Crippen molar-refractivity contribution in [2.24, 2.45) is 0 Å². The molecule has 3 aromatic heterocycles. The summed E-state index contributed by atoms with van der Waals surface area (Å²) in [7, 11) is -1.18. The van der Waals surface area contributed by atoms with Crippen LogP contribution >= 0.6 is 0 Å². The van der Waals surface area contributed by atoms with E-state index in [4.69, 9.17) is 4.98 Å². The molecule has 0 spiro atoms. The zero-order chi connectivity index (χ0) is 23.2. The molecule has 172 valence electrons. The van der Waals surface area contributed by atoms with E-state index in [0.29, 0.717) is 23.7 Å². The number of likely N-dealkylation sites (tertiary alicyclic amines) is 1. The Morgan fingerprint density at radius 2 is 1.91 bits per heavy atom. The quantitative estimate of drug-likeness (QED) is 0.564. The van der Waals surface area contributed by atoms with Gasteiger partial charge in [0.1, 0.15) is 11.6 Å². The number of nitrogens with one attached hydrogen (secondary N) is 2. The Morgan fingerprint density at radius 3 is 2.55 bits per heavy atom. The van der Waals surface area contributed by atoms with E-state index in [9.17, 15) is 8.42 Å². The summed E-state index contributed by atoms with van der Waals surface area (Å²) in [5.41, 5.74) is 3.35. The number of likely N-dealkylation sites (N-methyl/N-ethyl adjacent to an activating group) is 1. The Labute approximate surface area is 193 Å². The van der Waals surface area contributed by atoms with Crippen molar-refractivity contribution in [2.75, 3.05) is 41.3 Å². The normalized spacial score (nSPS) is 20.3. The summed E-state index contributed by atoms with van der Waals surface area (Å²) < 4.78 is 25.0. The fraction of sp³-hybridized carbons (Fsp3) is 0.364. The van der Waals surface area contributed by atoms with Crippen LogP contribution in [0.5, 0.6) is 0 Å². The second-order valence-electron chi connectivity index (χ2n) is 8.70. The number of hydrogen-bond donors (Lipinski definition) is 2. The van der Waals surface area contributed by atoms with Crippen LogP contribution < -0.4 is 14.9 Å². The molecule has 11 heteroatoms. The number of nitrogens with zero attached hydrogens (tertiary/aromatic N) is 6. The van der Waals surface area contributed by atoms with Gasteiger partial charge in [0, 0.05) is 43.1 Å². The lowest BCUT2D eigenvalue weighted by Gasteiger charge is -2.33. The van der Waals surface area contributed by atoms with E-state index < -0.39 is 10.0 Å². The maximum Gasteiger partial charge on any atom is 0.230 e. The molecule has 0 amide bonds. The van der Waals surface area contributed by atoms with E-state index in [1.54, 1.807) is 30.6 Å². The molecule has 2 fully saturated rings. The fourth-order valence-electron chi connectivity index (χ4n) is 4.57. The first kappa shape index (κ1) is 21.5. The van der Waals surface area contributed by atoms with Crippen molar-refractivity contribution in [2.45, 2.75) is 25.4 Å². The lowest BCUT2D eigenvalue weighted by molar-refractivity contribution is 0.292. The Hall–Kier alpha value is -3.31. The highest BCUT2D eigenvalue weighted by Crippen LogP contribution is 2.34. The number of hydrogen-bond acceptors (Lipinski definition) is 9. The minimum Gasteiger partial charge on any atom is -0.350 e. The number of piperazine rings is 1. The third-order valence-corrected chi connectivity index (χ3v) is 6.68. The second kappa shape index (κ2) is 8.23. The van der Waals surface area contributed by atoms with Gasteiger partial charge in [0.25, 0.3) is 0 Å². The molecule has 10 nitrogen and oxygen atoms in total. The SMILES string of the molecule is Cc1cc(Nc2nccc(-c3ccc(NS(C)(=O)=O)nc3)n2)cnc1N1C[C@@H]2C[C@H]1CN2C. The van der Waals surface area contributed by atoms with Crippen molar-refractivity contribution in [1.82, 2.24) is 24.8 Å². The van der Waals surface area contributed by atoms with E-state index in [0.717, 1.165) is 42.0 Å². The maximum absolute atomic E-state index is 11.4.